The molecule has 0 aliphatic carbocycles. The lowest BCUT2D eigenvalue weighted by Gasteiger charge is -2.05. The Morgan fingerprint density at radius 2 is 1.87 bits per heavy atom. The van der Waals surface area contributed by atoms with E-state index in [2.05, 4.69) is 10.2 Å². The minimum atomic E-state index is -0.0112. The molecule has 0 saturated carbocycles. The largest absolute Gasteiger partial charge is 0.319 e. The molecule has 5 nitrogen and oxygen atoms in total. The van der Waals surface area contributed by atoms with E-state index in [1.165, 1.54) is 0 Å². The first-order valence-corrected chi connectivity index (χ1v) is 8.34. The van der Waals surface area contributed by atoms with Gasteiger partial charge in [-0.05, 0) is 35.9 Å². The Morgan fingerprint density at radius 1 is 1.13 bits per heavy atom. The molecule has 0 unspecified atom stereocenters. The van der Waals surface area contributed by atoms with Crippen LogP contribution < -0.4 is 5.56 Å². The van der Waals surface area contributed by atoms with Crippen LogP contribution in [0.25, 0.3) is 11.4 Å². The molecule has 23 heavy (non-hydrogen) atoms. The highest BCUT2D eigenvalue weighted by molar-refractivity contribution is 7.98. The molecular formula is C16H15ClN4OS. The van der Waals surface area contributed by atoms with Crippen molar-refractivity contribution in [3.63, 3.8) is 0 Å². The van der Waals surface area contributed by atoms with Crippen LogP contribution in [0.4, 0.5) is 0 Å². The third kappa shape index (κ3) is 3.48. The summed E-state index contributed by atoms with van der Waals surface area (Å²) in [4.78, 5) is 11.6. The van der Waals surface area contributed by atoms with Crippen molar-refractivity contribution in [1.82, 2.24) is 19.3 Å². The van der Waals surface area contributed by atoms with Crippen molar-refractivity contribution >= 4 is 23.4 Å². The summed E-state index contributed by atoms with van der Waals surface area (Å²) in [6.45, 7) is 0. The summed E-state index contributed by atoms with van der Waals surface area (Å²) in [5.41, 5.74) is 1.92. The van der Waals surface area contributed by atoms with Gasteiger partial charge in [0.2, 0.25) is 0 Å². The molecule has 0 atom stereocenters. The first-order chi connectivity index (χ1) is 11.0. The molecule has 0 bridgehead atoms. The molecule has 0 aliphatic heterocycles. The number of halogens is 1. The smallest absolute Gasteiger partial charge is 0.250 e. The summed E-state index contributed by atoms with van der Waals surface area (Å²) in [6.07, 6.45) is 1.77. The Hall–Kier alpha value is -2.05. The molecule has 0 fully saturated rings. The number of hydrogen-bond acceptors (Lipinski definition) is 4. The first-order valence-electron chi connectivity index (χ1n) is 6.98. The number of rotatable bonds is 4. The van der Waals surface area contributed by atoms with Crippen LogP contribution in [0.2, 0.25) is 5.02 Å². The minimum absolute atomic E-state index is 0.0112. The molecule has 3 rings (SSSR count). The van der Waals surface area contributed by atoms with E-state index in [4.69, 9.17) is 11.6 Å². The number of nitrogens with zero attached hydrogens (tertiary/aromatic N) is 4. The van der Waals surface area contributed by atoms with E-state index in [0.29, 0.717) is 10.8 Å². The van der Waals surface area contributed by atoms with Crippen LogP contribution >= 0.6 is 23.4 Å². The fourth-order valence-electron chi connectivity index (χ4n) is 2.12. The van der Waals surface area contributed by atoms with Gasteiger partial charge in [0.25, 0.3) is 5.56 Å². The van der Waals surface area contributed by atoms with Crippen LogP contribution in [0, 0.1) is 0 Å². The van der Waals surface area contributed by atoms with E-state index < -0.39 is 0 Å². The maximum Gasteiger partial charge on any atom is 0.250 e. The van der Waals surface area contributed by atoms with Gasteiger partial charge in [0.1, 0.15) is 0 Å². The van der Waals surface area contributed by atoms with E-state index in [1.54, 1.807) is 35.6 Å². The predicted molar refractivity (Wildman–Crippen MR) is 92.7 cm³/mol. The zero-order chi connectivity index (χ0) is 16.4. The summed E-state index contributed by atoms with van der Waals surface area (Å²) in [5.74, 6) is 1.45. The Balaban J connectivity index is 1.78. The Kier molecular flexibility index (Phi) is 4.54. The van der Waals surface area contributed by atoms with Crippen molar-refractivity contribution in [2.24, 2.45) is 14.1 Å². The second-order valence-corrected chi connectivity index (χ2v) is 6.52. The van der Waals surface area contributed by atoms with Crippen LogP contribution in [0.3, 0.4) is 0 Å². The van der Waals surface area contributed by atoms with Gasteiger partial charge in [0.05, 0.1) is 0 Å². The summed E-state index contributed by atoms with van der Waals surface area (Å²) in [7, 11) is 3.66. The van der Waals surface area contributed by atoms with Gasteiger partial charge in [0.15, 0.2) is 11.0 Å². The molecule has 2 aromatic heterocycles. The van der Waals surface area contributed by atoms with Gasteiger partial charge in [0, 0.05) is 42.7 Å². The molecule has 2 heterocycles. The number of thioether (sulfide) groups is 1. The van der Waals surface area contributed by atoms with Crippen molar-refractivity contribution in [2.75, 3.05) is 0 Å². The molecule has 0 spiro atoms. The molecule has 118 valence electrons. The fraction of sp³-hybridized carbons (Fsp3) is 0.188. The van der Waals surface area contributed by atoms with Crippen LogP contribution in [-0.2, 0) is 19.8 Å². The second kappa shape index (κ2) is 6.60. The van der Waals surface area contributed by atoms with E-state index in [1.807, 2.05) is 41.9 Å². The van der Waals surface area contributed by atoms with Crippen LogP contribution in [-0.4, -0.2) is 19.3 Å². The normalized spacial score (nSPS) is 10.9. The van der Waals surface area contributed by atoms with Gasteiger partial charge in [-0.3, -0.25) is 4.79 Å². The second-order valence-electron chi connectivity index (χ2n) is 5.14. The Morgan fingerprint density at radius 3 is 2.57 bits per heavy atom. The lowest BCUT2D eigenvalue weighted by molar-refractivity contribution is 0.793. The third-order valence-corrected chi connectivity index (χ3v) is 4.82. The average Bonchev–Trinajstić information content (AvgIpc) is 2.90. The zero-order valence-electron chi connectivity index (χ0n) is 12.7. The molecule has 3 aromatic rings. The van der Waals surface area contributed by atoms with Crippen molar-refractivity contribution in [3.8, 4) is 11.4 Å². The minimum Gasteiger partial charge on any atom is -0.319 e. The number of aromatic nitrogens is 4. The maximum atomic E-state index is 11.6. The lowest BCUT2D eigenvalue weighted by Crippen LogP contribution is -2.14. The highest BCUT2D eigenvalue weighted by Gasteiger charge is 2.11. The number of benzene rings is 1. The highest BCUT2D eigenvalue weighted by Crippen LogP contribution is 2.25. The standard InChI is InChI=1S/C16H15ClN4OS/c1-20-8-7-11(9-14(20)22)10-23-16-19-18-15(21(16)2)12-3-5-13(17)6-4-12/h3-9H,10H2,1-2H3. The molecular weight excluding hydrogens is 332 g/mol. The fourth-order valence-corrected chi connectivity index (χ4v) is 3.10. The number of aryl methyl sites for hydroxylation is 1. The molecule has 0 amide bonds. The van der Waals surface area contributed by atoms with Crippen molar-refractivity contribution in [1.29, 1.82) is 0 Å². The summed E-state index contributed by atoms with van der Waals surface area (Å²) in [6, 6.07) is 11.1. The average molecular weight is 347 g/mol. The highest BCUT2D eigenvalue weighted by atomic mass is 35.5. The van der Waals surface area contributed by atoms with Gasteiger partial charge < -0.3 is 9.13 Å². The third-order valence-electron chi connectivity index (χ3n) is 3.47. The van der Waals surface area contributed by atoms with E-state index in [9.17, 15) is 4.79 Å². The summed E-state index contributed by atoms with van der Waals surface area (Å²) >= 11 is 7.46. The van der Waals surface area contributed by atoms with Crippen LogP contribution in [0.1, 0.15) is 5.56 Å². The van der Waals surface area contributed by atoms with E-state index in [-0.39, 0.29) is 5.56 Å². The SMILES string of the molecule is Cn1c(SCc2ccn(C)c(=O)c2)nnc1-c1ccc(Cl)cc1. The summed E-state index contributed by atoms with van der Waals surface area (Å²) in [5, 5.41) is 9.96. The predicted octanol–water partition coefficient (Wildman–Crippen LogP) is 3.13. The molecule has 1 aromatic carbocycles. The zero-order valence-corrected chi connectivity index (χ0v) is 14.3. The molecule has 0 N–H and O–H groups in total. The topological polar surface area (TPSA) is 52.7 Å². The van der Waals surface area contributed by atoms with Crippen molar-refractivity contribution < 1.29 is 0 Å². The molecule has 0 saturated heterocycles. The number of pyridine rings is 1. The van der Waals surface area contributed by atoms with Crippen LogP contribution in [0.15, 0.2) is 52.5 Å². The van der Waals surface area contributed by atoms with Crippen molar-refractivity contribution in [3.05, 3.63) is 63.5 Å². The monoisotopic (exact) mass is 346 g/mol. The summed E-state index contributed by atoms with van der Waals surface area (Å²) < 4.78 is 3.49. The quantitative estimate of drug-likeness (QED) is 0.681. The van der Waals surface area contributed by atoms with Crippen LogP contribution in [0.5, 0.6) is 0 Å². The Bertz CT molecular complexity index is 886. The first kappa shape index (κ1) is 15.8. The van der Waals surface area contributed by atoms with Gasteiger partial charge in [-0.2, -0.15) is 0 Å². The molecule has 7 heteroatoms. The van der Waals surface area contributed by atoms with Gasteiger partial charge in [-0.15, -0.1) is 10.2 Å². The van der Waals surface area contributed by atoms with Crippen molar-refractivity contribution in [2.45, 2.75) is 10.9 Å². The van der Waals surface area contributed by atoms with E-state index >= 15 is 0 Å². The van der Waals surface area contributed by atoms with E-state index in [0.717, 1.165) is 22.1 Å². The number of hydrogen-bond donors (Lipinski definition) is 0. The molecule has 0 radical (unpaired) electrons. The lowest BCUT2D eigenvalue weighted by atomic mass is 10.2. The Labute approximate surface area is 142 Å². The van der Waals surface area contributed by atoms with Gasteiger partial charge in [-0.25, -0.2) is 0 Å². The van der Waals surface area contributed by atoms with Gasteiger partial charge >= 0.3 is 0 Å². The maximum absolute atomic E-state index is 11.6. The molecule has 0 aliphatic rings. The van der Waals surface area contributed by atoms with Gasteiger partial charge in [-0.1, -0.05) is 23.4 Å².